The standard InChI is InChI=1S/C13H18N4S2/c1-10-7-16-12(19-10)3-5-15-13(14-2)17-8-11-4-6-18-9-11/h4,6-7,9H,3,5,8H2,1-2H3,(H2,14,15,17). The Balaban J connectivity index is 1.71. The molecule has 6 heteroatoms. The van der Waals surface area contributed by atoms with Gasteiger partial charge in [0.05, 0.1) is 5.01 Å². The number of nitrogens with one attached hydrogen (secondary N) is 2. The van der Waals surface area contributed by atoms with Gasteiger partial charge < -0.3 is 10.6 Å². The summed E-state index contributed by atoms with van der Waals surface area (Å²) in [6, 6.07) is 2.11. The van der Waals surface area contributed by atoms with Crippen LogP contribution in [0.15, 0.2) is 28.0 Å². The van der Waals surface area contributed by atoms with Crippen molar-refractivity contribution in [2.24, 2.45) is 4.99 Å². The van der Waals surface area contributed by atoms with Crippen molar-refractivity contribution >= 4 is 28.6 Å². The average molecular weight is 294 g/mol. The van der Waals surface area contributed by atoms with E-state index >= 15 is 0 Å². The normalized spacial score (nSPS) is 11.6. The van der Waals surface area contributed by atoms with Gasteiger partial charge >= 0.3 is 0 Å². The van der Waals surface area contributed by atoms with Gasteiger partial charge in [0.15, 0.2) is 5.96 Å². The van der Waals surface area contributed by atoms with Gasteiger partial charge in [0.25, 0.3) is 0 Å². The summed E-state index contributed by atoms with van der Waals surface area (Å²) in [6.07, 6.45) is 2.85. The van der Waals surface area contributed by atoms with Crippen molar-refractivity contribution in [2.75, 3.05) is 13.6 Å². The fourth-order valence-corrected chi connectivity index (χ4v) is 3.06. The van der Waals surface area contributed by atoms with E-state index in [1.807, 2.05) is 6.20 Å². The summed E-state index contributed by atoms with van der Waals surface area (Å²) >= 11 is 3.46. The van der Waals surface area contributed by atoms with Gasteiger partial charge in [0, 0.05) is 37.6 Å². The van der Waals surface area contributed by atoms with Crippen LogP contribution < -0.4 is 10.6 Å². The number of thiazole rings is 1. The number of hydrogen-bond donors (Lipinski definition) is 2. The molecule has 0 atom stereocenters. The molecule has 2 aromatic rings. The number of guanidine groups is 1. The Morgan fingerprint density at radius 2 is 2.32 bits per heavy atom. The van der Waals surface area contributed by atoms with Crippen molar-refractivity contribution in [1.29, 1.82) is 0 Å². The minimum absolute atomic E-state index is 0.805. The molecule has 0 spiro atoms. The molecule has 2 aromatic heterocycles. The summed E-state index contributed by atoms with van der Waals surface area (Å²) in [5.41, 5.74) is 1.28. The molecule has 0 fully saturated rings. The lowest BCUT2D eigenvalue weighted by Gasteiger charge is -2.10. The molecule has 0 aromatic carbocycles. The Labute approximate surface area is 121 Å². The summed E-state index contributed by atoms with van der Waals surface area (Å²) in [5.74, 6) is 0.833. The highest BCUT2D eigenvalue weighted by Gasteiger charge is 2.01. The molecule has 102 valence electrons. The maximum absolute atomic E-state index is 4.34. The van der Waals surface area contributed by atoms with E-state index in [9.17, 15) is 0 Å². The zero-order valence-corrected chi connectivity index (χ0v) is 12.8. The van der Waals surface area contributed by atoms with E-state index in [-0.39, 0.29) is 0 Å². The van der Waals surface area contributed by atoms with E-state index in [1.165, 1.54) is 15.4 Å². The van der Waals surface area contributed by atoms with Crippen molar-refractivity contribution in [1.82, 2.24) is 15.6 Å². The average Bonchev–Trinajstić information content (AvgIpc) is 3.05. The third-order valence-electron chi connectivity index (χ3n) is 2.56. The van der Waals surface area contributed by atoms with Crippen LogP contribution in [0.4, 0.5) is 0 Å². The Morgan fingerprint density at radius 1 is 1.42 bits per heavy atom. The van der Waals surface area contributed by atoms with E-state index in [0.717, 1.165) is 25.5 Å². The molecule has 2 rings (SSSR count). The minimum Gasteiger partial charge on any atom is -0.356 e. The van der Waals surface area contributed by atoms with Gasteiger partial charge in [0.2, 0.25) is 0 Å². The topological polar surface area (TPSA) is 49.3 Å². The third-order valence-corrected chi connectivity index (χ3v) is 4.27. The SMILES string of the molecule is CN=C(NCCc1ncc(C)s1)NCc1ccsc1. The van der Waals surface area contributed by atoms with E-state index < -0.39 is 0 Å². The quantitative estimate of drug-likeness (QED) is 0.658. The largest absolute Gasteiger partial charge is 0.356 e. The zero-order chi connectivity index (χ0) is 13.5. The van der Waals surface area contributed by atoms with Crippen molar-refractivity contribution in [3.05, 3.63) is 38.5 Å². The van der Waals surface area contributed by atoms with Crippen LogP contribution in [0.2, 0.25) is 0 Å². The molecule has 0 aliphatic rings. The lowest BCUT2D eigenvalue weighted by Crippen LogP contribution is -2.37. The molecule has 4 nitrogen and oxygen atoms in total. The first-order valence-corrected chi connectivity index (χ1v) is 7.91. The van der Waals surface area contributed by atoms with Crippen molar-refractivity contribution in [3.63, 3.8) is 0 Å². The van der Waals surface area contributed by atoms with Gasteiger partial charge in [0.1, 0.15) is 0 Å². The summed E-state index contributed by atoms with van der Waals surface area (Å²) in [4.78, 5) is 9.81. The van der Waals surface area contributed by atoms with Crippen LogP contribution >= 0.6 is 22.7 Å². The first-order chi connectivity index (χ1) is 9.28. The second kappa shape index (κ2) is 7.25. The molecule has 0 aliphatic heterocycles. The monoisotopic (exact) mass is 294 g/mol. The van der Waals surface area contributed by atoms with Gasteiger partial charge in [-0.15, -0.1) is 11.3 Å². The summed E-state index contributed by atoms with van der Waals surface area (Å²) < 4.78 is 0. The molecule has 0 amide bonds. The number of hydrogen-bond acceptors (Lipinski definition) is 4. The molecule has 2 N–H and O–H groups in total. The Morgan fingerprint density at radius 3 is 2.95 bits per heavy atom. The van der Waals surface area contributed by atoms with Crippen molar-refractivity contribution < 1.29 is 0 Å². The Bertz CT molecular complexity index is 516. The molecule has 0 aliphatic carbocycles. The molecule has 0 radical (unpaired) electrons. The van der Waals surface area contributed by atoms with Gasteiger partial charge in [-0.2, -0.15) is 11.3 Å². The van der Waals surface area contributed by atoms with E-state index in [4.69, 9.17) is 0 Å². The maximum atomic E-state index is 4.34. The predicted octanol–water partition coefficient (Wildman–Crippen LogP) is 2.42. The molecule has 0 unspecified atom stereocenters. The maximum Gasteiger partial charge on any atom is 0.191 e. The van der Waals surface area contributed by atoms with Crippen molar-refractivity contribution in [2.45, 2.75) is 19.9 Å². The zero-order valence-electron chi connectivity index (χ0n) is 11.1. The highest BCUT2D eigenvalue weighted by atomic mass is 32.1. The number of rotatable bonds is 5. The third kappa shape index (κ3) is 4.65. The van der Waals surface area contributed by atoms with Gasteiger partial charge in [-0.3, -0.25) is 4.99 Å². The predicted molar refractivity (Wildman–Crippen MR) is 83.1 cm³/mol. The second-order valence-corrected chi connectivity index (χ2v) is 6.20. The second-order valence-electron chi connectivity index (χ2n) is 4.10. The highest BCUT2D eigenvalue weighted by molar-refractivity contribution is 7.11. The molecule has 2 heterocycles. The van der Waals surface area contributed by atoms with Crippen LogP contribution in [0.3, 0.4) is 0 Å². The molecule has 0 saturated carbocycles. The Hall–Kier alpha value is -1.40. The number of aromatic nitrogens is 1. The van der Waals surface area contributed by atoms with Gasteiger partial charge in [-0.25, -0.2) is 4.98 Å². The first kappa shape index (κ1) is 14.0. The van der Waals surface area contributed by atoms with Gasteiger partial charge in [-0.1, -0.05) is 0 Å². The molecular formula is C13H18N4S2. The molecular weight excluding hydrogens is 276 g/mol. The van der Waals surface area contributed by atoms with Crippen LogP contribution in [0, 0.1) is 6.92 Å². The molecule has 0 bridgehead atoms. The van der Waals surface area contributed by atoms with Crippen LogP contribution in [-0.4, -0.2) is 24.5 Å². The first-order valence-electron chi connectivity index (χ1n) is 6.15. The fraction of sp³-hybridized carbons (Fsp3) is 0.385. The lowest BCUT2D eigenvalue weighted by atomic mass is 10.3. The van der Waals surface area contributed by atoms with Crippen LogP contribution in [0.25, 0.3) is 0 Å². The summed E-state index contributed by atoms with van der Waals surface area (Å²) in [7, 11) is 1.79. The number of aryl methyl sites for hydroxylation is 1. The number of aliphatic imine (C=N–C) groups is 1. The van der Waals surface area contributed by atoms with Gasteiger partial charge in [-0.05, 0) is 29.3 Å². The minimum atomic E-state index is 0.805. The Kier molecular flexibility index (Phi) is 5.35. The molecule has 19 heavy (non-hydrogen) atoms. The van der Waals surface area contributed by atoms with E-state index in [1.54, 1.807) is 29.7 Å². The lowest BCUT2D eigenvalue weighted by molar-refractivity contribution is 0.793. The fourth-order valence-electron chi connectivity index (χ4n) is 1.60. The highest BCUT2D eigenvalue weighted by Crippen LogP contribution is 2.10. The molecule has 0 saturated heterocycles. The van der Waals surface area contributed by atoms with Crippen LogP contribution in [0.5, 0.6) is 0 Å². The van der Waals surface area contributed by atoms with E-state index in [0.29, 0.717) is 0 Å². The van der Waals surface area contributed by atoms with Crippen molar-refractivity contribution in [3.8, 4) is 0 Å². The van der Waals surface area contributed by atoms with Crippen LogP contribution in [-0.2, 0) is 13.0 Å². The van der Waals surface area contributed by atoms with Crippen LogP contribution in [0.1, 0.15) is 15.4 Å². The summed E-state index contributed by atoms with van der Waals surface area (Å²) in [6.45, 7) is 3.73. The summed E-state index contributed by atoms with van der Waals surface area (Å²) in [5, 5.41) is 12.0. The smallest absolute Gasteiger partial charge is 0.191 e. The number of nitrogens with zero attached hydrogens (tertiary/aromatic N) is 2. The number of thiophene rings is 1. The van der Waals surface area contributed by atoms with E-state index in [2.05, 4.69) is 44.4 Å².